The van der Waals surface area contributed by atoms with Crippen molar-refractivity contribution in [3.05, 3.63) is 23.5 Å². The van der Waals surface area contributed by atoms with Crippen LogP contribution in [-0.2, 0) is 4.74 Å². The number of pyridine rings is 1. The molecule has 0 radical (unpaired) electrons. The highest BCUT2D eigenvalue weighted by atomic mass is 19.2. The first-order chi connectivity index (χ1) is 8.80. The molecule has 0 bridgehead atoms. The summed E-state index contributed by atoms with van der Waals surface area (Å²) in [4.78, 5) is 2.51. The Hall–Kier alpha value is -1.37. The molecule has 1 N–H and O–H groups in total. The van der Waals surface area contributed by atoms with E-state index in [-0.39, 0.29) is 6.04 Å². The topological polar surface area (TPSA) is 34.2 Å². The molecule has 2 heterocycles. The molecule has 3 nitrogen and oxygen atoms in total. The second kappa shape index (κ2) is 4.96. The van der Waals surface area contributed by atoms with E-state index in [2.05, 4.69) is 10.3 Å². The number of nitrogens with one attached hydrogen (secondary N) is 1. The summed E-state index contributed by atoms with van der Waals surface area (Å²) in [6.07, 6.45) is 0.964. The van der Waals surface area contributed by atoms with E-state index in [1.54, 1.807) is 0 Å². The van der Waals surface area contributed by atoms with Crippen LogP contribution in [0.4, 0.5) is 23.2 Å². The first-order valence-electron chi connectivity index (χ1n) is 5.90. The van der Waals surface area contributed by atoms with Gasteiger partial charge in [-0.3, -0.25) is 0 Å². The molecule has 1 aliphatic rings. The third-order valence-corrected chi connectivity index (χ3v) is 3.04. The quantitative estimate of drug-likeness (QED) is 0.667. The molecular weight excluding hydrogens is 264 g/mol. The minimum Gasteiger partial charge on any atom is -0.377 e. The second-order valence-corrected chi connectivity index (χ2v) is 5.14. The molecule has 1 fully saturated rings. The molecule has 2 rings (SSSR count). The lowest BCUT2D eigenvalue weighted by Crippen LogP contribution is -2.40. The number of halogens is 4. The number of hydrogen-bond donors (Lipinski definition) is 1. The summed E-state index contributed by atoms with van der Waals surface area (Å²) in [6.45, 7) is 4.08. The van der Waals surface area contributed by atoms with Crippen molar-refractivity contribution >= 4 is 5.69 Å². The highest BCUT2D eigenvalue weighted by molar-refractivity contribution is 5.46. The largest absolute Gasteiger partial charge is 0.377 e. The van der Waals surface area contributed by atoms with E-state index in [9.17, 15) is 17.6 Å². The highest BCUT2D eigenvalue weighted by Gasteiger charge is 2.31. The Kier molecular flexibility index (Phi) is 3.66. The van der Waals surface area contributed by atoms with Gasteiger partial charge in [0.15, 0.2) is 0 Å². The van der Waals surface area contributed by atoms with Gasteiger partial charge in [0.1, 0.15) is 5.69 Å². The van der Waals surface area contributed by atoms with E-state index in [0.29, 0.717) is 19.4 Å². The van der Waals surface area contributed by atoms with Crippen molar-refractivity contribution in [1.82, 2.24) is 4.98 Å². The molecule has 0 spiro atoms. The minimum atomic E-state index is -1.66. The van der Waals surface area contributed by atoms with Gasteiger partial charge in [-0.15, -0.1) is 0 Å². The molecular formula is C12H14F4N2O. The van der Waals surface area contributed by atoms with Gasteiger partial charge in [-0.25, -0.2) is 0 Å². The van der Waals surface area contributed by atoms with E-state index < -0.39 is 34.8 Å². The van der Waals surface area contributed by atoms with Crippen LogP contribution in [0.2, 0.25) is 0 Å². The summed E-state index contributed by atoms with van der Waals surface area (Å²) in [5.41, 5.74) is -1.26. The van der Waals surface area contributed by atoms with E-state index in [4.69, 9.17) is 4.74 Å². The third kappa shape index (κ3) is 2.97. The first-order valence-corrected chi connectivity index (χ1v) is 5.90. The van der Waals surface area contributed by atoms with Crippen LogP contribution in [0.15, 0.2) is 0 Å². The summed E-state index contributed by atoms with van der Waals surface area (Å²) in [7, 11) is 0. The van der Waals surface area contributed by atoms with Crippen LogP contribution in [0, 0.1) is 23.5 Å². The number of ether oxygens (including phenoxy) is 1. The standard InChI is InChI=1S/C12H14F4N2O/c1-12(2)5-6(3-4-19-12)17-9-7(13)10(15)18-11(16)8(9)14/h6H,3-5H2,1-2H3,(H,17,18). The van der Waals surface area contributed by atoms with Gasteiger partial charge in [0.05, 0.1) is 5.60 Å². The van der Waals surface area contributed by atoms with Crippen molar-refractivity contribution < 1.29 is 22.3 Å². The van der Waals surface area contributed by atoms with Gasteiger partial charge in [0.2, 0.25) is 11.6 Å². The van der Waals surface area contributed by atoms with Gasteiger partial charge in [-0.2, -0.15) is 22.5 Å². The van der Waals surface area contributed by atoms with Crippen molar-refractivity contribution in [3.8, 4) is 0 Å². The zero-order chi connectivity index (χ0) is 14.2. The van der Waals surface area contributed by atoms with Gasteiger partial charge >= 0.3 is 0 Å². The van der Waals surface area contributed by atoms with Gasteiger partial charge in [0.25, 0.3) is 11.9 Å². The van der Waals surface area contributed by atoms with Gasteiger partial charge in [-0.1, -0.05) is 0 Å². The number of rotatable bonds is 2. The molecule has 19 heavy (non-hydrogen) atoms. The first kappa shape index (κ1) is 14.0. The van der Waals surface area contributed by atoms with Crippen LogP contribution in [-0.4, -0.2) is 23.2 Å². The van der Waals surface area contributed by atoms with Crippen LogP contribution in [0.3, 0.4) is 0 Å². The van der Waals surface area contributed by atoms with Gasteiger partial charge in [0, 0.05) is 12.6 Å². The summed E-state index contributed by atoms with van der Waals surface area (Å²) in [5.74, 6) is -6.34. The fourth-order valence-electron chi connectivity index (χ4n) is 2.17. The molecule has 7 heteroatoms. The van der Waals surface area contributed by atoms with E-state index in [1.807, 2.05) is 13.8 Å². The van der Waals surface area contributed by atoms with Crippen LogP contribution in [0.1, 0.15) is 26.7 Å². The Morgan fingerprint density at radius 1 is 1.16 bits per heavy atom. The summed E-state index contributed by atoms with van der Waals surface area (Å²) in [5, 5.41) is 2.50. The molecule has 106 valence electrons. The normalized spacial score (nSPS) is 22.3. The summed E-state index contributed by atoms with van der Waals surface area (Å²) < 4.78 is 58.3. The van der Waals surface area contributed by atoms with Gasteiger partial charge in [-0.05, 0) is 26.7 Å². The van der Waals surface area contributed by atoms with E-state index in [0.717, 1.165) is 0 Å². The van der Waals surface area contributed by atoms with Crippen LogP contribution >= 0.6 is 0 Å². The summed E-state index contributed by atoms with van der Waals surface area (Å²) >= 11 is 0. The fourth-order valence-corrected chi connectivity index (χ4v) is 2.17. The lowest BCUT2D eigenvalue weighted by molar-refractivity contribution is -0.0554. The van der Waals surface area contributed by atoms with Crippen molar-refractivity contribution in [1.29, 1.82) is 0 Å². The van der Waals surface area contributed by atoms with Crippen molar-refractivity contribution in [2.45, 2.75) is 38.3 Å². The van der Waals surface area contributed by atoms with Crippen LogP contribution < -0.4 is 5.32 Å². The lowest BCUT2D eigenvalue weighted by Gasteiger charge is -2.36. The smallest absolute Gasteiger partial charge is 0.253 e. The van der Waals surface area contributed by atoms with Crippen molar-refractivity contribution in [3.63, 3.8) is 0 Å². The molecule has 0 aliphatic carbocycles. The maximum absolute atomic E-state index is 13.5. The number of hydrogen-bond acceptors (Lipinski definition) is 3. The zero-order valence-corrected chi connectivity index (χ0v) is 10.6. The Balaban J connectivity index is 2.24. The van der Waals surface area contributed by atoms with Crippen molar-refractivity contribution in [2.75, 3.05) is 11.9 Å². The molecule has 0 saturated carbocycles. The van der Waals surface area contributed by atoms with Gasteiger partial charge < -0.3 is 10.1 Å². The van der Waals surface area contributed by atoms with E-state index in [1.165, 1.54) is 0 Å². The summed E-state index contributed by atoms with van der Waals surface area (Å²) in [6, 6.07) is -0.325. The molecule has 0 amide bonds. The van der Waals surface area contributed by atoms with Crippen LogP contribution in [0.25, 0.3) is 0 Å². The number of nitrogens with zero attached hydrogens (tertiary/aromatic N) is 1. The average molecular weight is 278 g/mol. The second-order valence-electron chi connectivity index (χ2n) is 5.14. The monoisotopic (exact) mass is 278 g/mol. The maximum Gasteiger partial charge on any atom is 0.253 e. The Morgan fingerprint density at radius 3 is 2.26 bits per heavy atom. The maximum atomic E-state index is 13.5. The predicted octanol–water partition coefficient (Wildman–Crippen LogP) is 3.01. The lowest BCUT2D eigenvalue weighted by atomic mass is 9.94. The molecule has 1 atom stereocenters. The van der Waals surface area contributed by atoms with Crippen molar-refractivity contribution in [2.24, 2.45) is 0 Å². The molecule has 1 aromatic rings. The molecule has 1 aromatic heterocycles. The minimum absolute atomic E-state index is 0.325. The number of anilines is 1. The zero-order valence-electron chi connectivity index (χ0n) is 10.6. The number of aromatic nitrogens is 1. The predicted molar refractivity (Wildman–Crippen MR) is 60.7 cm³/mol. The molecule has 1 saturated heterocycles. The Labute approximate surface area is 108 Å². The van der Waals surface area contributed by atoms with E-state index >= 15 is 0 Å². The van der Waals surface area contributed by atoms with Crippen LogP contribution in [0.5, 0.6) is 0 Å². The Bertz CT molecular complexity index is 467. The molecule has 0 aromatic carbocycles. The molecule has 1 unspecified atom stereocenters. The fraction of sp³-hybridized carbons (Fsp3) is 0.583. The third-order valence-electron chi connectivity index (χ3n) is 3.04. The Morgan fingerprint density at radius 2 is 1.74 bits per heavy atom. The average Bonchev–Trinajstić information content (AvgIpc) is 2.31. The highest BCUT2D eigenvalue weighted by Crippen LogP contribution is 2.29. The molecule has 1 aliphatic heterocycles. The SMILES string of the molecule is CC1(C)CC(Nc2c(F)c(F)nc(F)c2F)CCO1.